The van der Waals surface area contributed by atoms with Gasteiger partial charge in [0, 0.05) is 22.2 Å². The van der Waals surface area contributed by atoms with E-state index in [1.54, 1.807) is 4.68 Å². The lowest BCUT2D eigenvalue weighted by Gasteiger charge is -2.29. The van der Waals surface area contributed by atoms with Gasteiger partial charge in [0.1, 0.15) is 12.6 Å². The van der Waals surface area contributed by atoms with Gasteiger partial charge >= 0.3 is 0 Å². The van der Waals surface area contributed by atoms with Gasteiger partial charge in [-0.2, -0.15) is 4.98 Å². The number of thioether (sulfide) groups is 1. The van der Waals surface area contributed by atoms with Crippen molar-refractivity contribution < 1.29 is 14.3 Å². The second kappa shape index (κ2) is 14.4. The lowest BCUT2D eigenvalue weighted by Crippen LogP contribution is -2.31. The van der Waals surface area contributed by atoms with Crippen molar-refractivity contribution in [2.24, 2.45) is 0 Å². The minimum absolute atomic E-state index is 0.241. The van der Waals surface area contributed by atoms with Crippen LogP contribution in [0, 0.1) is 13.8 Å². The van der Waals surface area contributed by atoms with Crippen LogP contribution in [-0.2, 0) is 17.2 Å². The lowest BCUT2D eigenvalue weighted by atomic mass is 9.94. The number of carbonyl (C=O) groups excluding carboxylic acids is 1. The summed E-state index contributed by atoms with van der Waals surface area (Å²) in [5.74, 6) is 2.11. The number of nitrogens with zero attached hydrogens (tertiary/aromatic N) is 3. The fourth-order valence-electron chi connectivity index (χ4n) is 5.48. The third-order valence-electron chi connectivity index (χ3n) is 7.90. The van der Waals surface area contributed by atoms with Crippen molar-refractivity contribution in [1.82, 2.24) is 14.8 Å². The molecule has 240 valence electrons. The Morgan fingerprint density at radius 1 is 0.936 bits per heavy atom. The van der Waals surface area contributed by atoms with E-state index in [1.807, 2.05) is 99.6 Å². The quantitative estimate of drug-likeness (QED) is 0.136. The molecule has 0 spiro atoms. The summed E-state index contributed by atoms with van der Waals surface area (Å²) in [6, 6.07) is 28.8. The monoisotopic (exact) mass is 665 g/mol. The number of benzene rings is 4. The molecule has 1 amide bonds. The average molecular weight is 666 g/mol. The van der Waals surface area contributed by atoms with Gasteiger partial charge in [-0.05, 0) is 85.8 Å². The van der Waals surface area contributed by atoms with E-state index >= 15 is 0 Å². The van der Waals surface area contributed by atoms with Crippen LogP contribution in [0.3, 0.4) is 0 Å². The third kappa shape index (κ3) is 7.32. The molecule has 0 radical (unpaired) electrons. The van der Waals surface area contributed by atoms with Crippen molar-refractivity contribution in [3.63, 3.8) is 0 Å². The topological polar surface area (TPSA) is 90.3 Å². The maximum absolute atomic E-state index is 14.1. The number of aryl methyl sites for hydroxylation is 2. The molecule has 2 N–H and O–H groups in total. The maximum atomic E-state index is 14.1. The molecule has 0 saturated heterocycles. The average Bonchev–Trinajstić information content (AvgIpc) is 3.46. The Hall–Kier alpha value is -4.73. The smallest absolute Gasteiger partial charge is 0.255 e. The predicted octanol–water partition coefficient (Wildman–Crippen LogP) is 8.75. The molecule has 1 aliphatic rings. The lowest BCUT2D eigenvalue weighted by molar-refractivity contribution is -0.113. The first kappa shape index (κ1) is 32.2. The van der Waals surface area contributed by atoms with E-state index in [4.69, 9.17) is 31.2 Å². The second-order valence-electron chi connectivity index (χ2n) is 11.3. The summed E-state index contributed by atoms with van der Waals surface area (Å²) in [7, 11) is 0. The second-order valence-corrected chi connectivity index (χ2v) is 12.6. The number of nitrogens with one attached hydrogen (secondary N) is 2. The molecule has 8 nitrogen and oxygen atoms in total. The fraction of sp³-hybridized carbons (Fsp3) is 0.216. The van der Waals surface area contributed by atoms with Gasteiger partial charge in [-0.15, -0.1) is 5.10 Å². The molecule has 10 heteroatoms. The zero-order chi connectivity index (χ0) is 32.9. The number of halogens is 1. The summed E-state index contributed by atoms with van der Waals surface area (Å²) in [6.07, 6.45) is 0. The number of carbonyl (C=O) groups is 1. The molecule has 1 unspecified atom stereocenters. The van der Waals surface area contributed by atoms with E-state index in [0.717, 1.165) is 27.8 Å². The zero-order valence-corrected chi connectivity index (χ0v) is 28.3. The van der Waals surface area contributed by atoms with Crippen molar-refractivity contribution in [2.45, 2.75) is 51.3 Å². The van der Waals surface area contributed by atoms with Gasteiger partial charge in [-0.25, -0.2) is 4.68 Å². The van der Waals surface area contributed by atoms with Crippen molar-refractivity contribution in [2.75, 3.05) is 17.2 Å². The van der Waals surface area contributed by atoms with Gasteiger partial charge in [-0.1, -0.05) is 84.0 Å². The van der Waals surface area contributed by atoms with Crippen LogP contribution >= 0.6 is 23.4 Å². The van der Waals surface area contributed by atoms with E-state index < -0.39 is 6.04 Å². The Morgan fingerprint density at radius 3 is 2.49 bits per heavy atom. The first-order chi connectivity index (χ1) is 22.8. The molecule has 6 rings (SSSR count). The van der Waals surface area contributed by atoms with Crippen LogP contribution in [-0.4, -0.2) is 27.3 Å². The van der Waals surface area contributed by atoms with E-state index in [0.29, 0.717) is 63.6 Å². The Morgan fingerprint density at radius 2 is 1.72 bits per heavy atom. The fourth-order valence-corrected chi connectivity index (χ4v) is 6.60. The van der Waals surface area contributed by atoms with Crippen LogP contribution in [0.5, 0.6) is 11.5 Å². The van der Waals surface area contributed by atoms with Crippen LogP contribution in [0.25, 0.3) is 0 Å². The highest BCUT2D eigenvalue weighted by Gasteiger charge is 2.35. The summed E-state index contributed by atoms with van der Waals surface area (Å²) in [5, 5.41) is 12.6. The van der Waals surface area contributed by atoms with Gasteiger partial charge in [-0.3, -0.25) is 4.79 Å². The largest absolute Gasteiger partial charge is 0.490 e. The standard InChI is InChI=1S/C37H36ClN5O3S/c1-5-45-32-20-26(17-18-31(32)46-21-27-13-7-6-12-24(27)3)34-33(35(44)40-29-15-10-11-23(2)19-29)25(4)39-36-41-37(42-43(34)36)47-22-28-14-8-9-16-30(28)38/h6-20,34H,5,21-22H2,1-4H3,(H,40,44)(H,39,41,42). The molecule has 1 aliphatic heterocycles. The number of hydrogen-bond acceptors (Lipinski definition) is 7. The molecule has 0 fully saturated rings. The van der Waals surface area contributed by atoms with Gasteiger partial charge < -0.3 is 20.1 Å². The van der Waals surface area contributed by atoms with Crippen molar-refractivity contribution in [1.29, 1.82) is 0 Å². The van der Waals surface area contributed by atoms with E-state index in [-0.39, 0.29) is 5.91 Å². The van der Waals surface area contributed by atoms with Crippen molar-refractivity contribution in [3.8, 4) is 11.5 Å². The zero-order valence-electron chi connectivity index (χ0n) is 26.7. The summed E-state index contributed by atoms with van der Waals surface area (Å²) in [4.78, 5) is 18.9. The molecular formula is C37H36ClN5O3S. The molecule has 0 saturated carbocycles. The van der Waals surface area contributed by atoms with Crippen LogP contribution in [0.1, 0.15) is 47.7 Å². The molecule has 2 heterocycles. The highest BCUT2D eigenvalue weighted by Crippen LogP contribution is 2.40. The van der Waals surface area contributed by atoms with Crippen LogP contribution in [0.15, 0.2) is 107 Å². The number of aromatic nitrogens is 3. The number of amides is 1. The molecule has 0 bridgehead atoms. The third-order valence-corrected chi connectivity index (χ3v) is 9.15. The molecule has 4 aromatic carbocycles. The first-order valence-electron chi connectivity index (χ1n) is 15.4. The van der Waals surface area contributed by atoms with Crippen LogP contribution in [0.4, 0.5) is 11.6 Å². The van der Waals surface area contributed by atoms with Crippen LogP contribution in [0.2, 0.25) is 5.02 Å². The molecular weight excluding hydrogens is 630 g/mol. The van der Waals surface area contributed by atoms with Crippen molar-refractivity contribution >= 4 is 40.9 Å². The minimum atomic E-state index is -0.595. The number of allylic oxidation sites excluding steroid dienone is 1. The molecule has 1 atom stereocenters. The Balaban J connectivity index is 1.36. The number of anilines is 2. The van der Waals surface area contributed by atoms with Crippen molar-refractivity contribution in [3.05, 3.63) is 135 Å². The molecule has 0 aliphatic carbocycles. The molecule has 5 aromatic rings. The predicted molar refractivity (Wildman–Crippen MR) is 188 cm³/mol. The number of rotatable bonds is 11. The maximum Gasteiger partial charge on any atom is 0.255 e. The summed E-state index contributed by atoms with van der Waals surface area (Å²) < 4.78 is 14.1. The highest BCUT2D eigenvalue weighted by molar-refractivity contribution is 7.98. The normalized spacial score (nSPS) is 13.9. The van der Waals surface area contributed by atoms with E-state index in [9.17, 15) is 4.79 Å². The van der Waals surface area contributed by atoms with Gasteiger partial charge in [0.05, 0.1) is 12.2 Å². The Bertz CT molecular complexity index is 1960. The summed E-state index contributed by atoms with van der Waals surface area (Å²) in [6.45, 7) is 8.73. The summed E-state index contributed by atoms with van der Waals surface area (Å²) >= 11 is 7.90. The first-order valence-corrected chi connectivity index (χ1v) is 16.8. The Kier molecular flexibility index (Phi) is 9.84. The number of hydrogen-bond donors (Lipinski definition) is 2. The SMILES string of the molecule is CCOc1cc(C2C(C(=O)Nc3cccc(C)c3)=C(C)Nc3nc(SCc4ccccc4Cl)nn32)ccc1OCc1ccccc1C. The number of ether oxygens (including phenoxy) is 2. The highest BCUT2D eigenvalue weighted by atomic mass is 35.5. The minimum Gasteiger partial charge on any atom is -0.490 e. The number of fused-ring (bicyclic) bond motifs is 1. The van der Waals surface area contributed by atoms with Gasteiger partial charge in [0.2, 0.25) is 11.1 Å². The molecule has 47 heavy (non-hydrogen) atoms. The summed E-state index contributed by atoms with van der Waals surface area (Å²) in [5.41, 5.74) is 7.01. The van der Waals surface area contributed by atoms with Gasteiger partial charge in [0.15, 0.2) is 11.5 Å². The van der Waals surface area contributed by atoms with E-state index in [1.165, 1.54) is 11.8 Å². The Labute approximate surface area is 284 Å². The van der Waals surface area contributed by atoms with E-state index in [2.05, 4.69) is 29.7 Å². The van der Waals surface area contributed by atoms with Gasteiger partial charge in [0.25, 0.3) is 5.91 Å². The molecule has 1 aromatic heterocycles. The van der Waals surface area contributed by atoms with Crippen LogP contribution < -0.4 is 20.1 Å².